The van der Waals surface area contributed by atoms with E-state index in [2.05, 4.69) is 26.7 Å². The van der Waals surface area contributed by atoms with Crippen LogP contribution in [-0.4, -0.2) is 17.0 Å². The summed E-state index contributed by atoms with van der Waals surface area (Å²) in [6.07, 6.45) is 0. The van der Waals surface area contributed by atoms with E-state index in [9.17, 15) is 0 Å². The van der Waals surface area contributed by atoms with E-state index in [1.165, 1.54) is 0 Å². The third-order valence-electron chi connectivity index (χ3n) is 3.08. The van der Waals surface area contributed by atoms with E-state index >= 15 is 0 Å². The topological polar surface area (TPSA) is 61.6 Å². The standard InChI is InChI=1S/C15H12N4S/c1-9-8-20-13-12(9)18-14(19-15(13)17-2)11-5-3-4-10(6-11)7-16/h3-6,8H,1-2H3,(H,17,18,19). The molecule has 2 aromatic heterocycles. The Labute approximate surface area is 120 Å². The minimum atomic E-state index is 0.610. The third kappa shape index (κ3) is 2.00. The van der Waals surface area contributed by atoms with Gasteiger partial charge in [-0.05, 0) is 30.0 Å². The second-order valence-electron chi connectivity index (χ2n) is 4.43. The molecular weight excluding hydrogens is 268 g/mol. The van der Waals surface area contributed by atoms with Crippen LogP contribution >= 0.6 is 11.3 Å². The minimum Gasteiger partial charge on any atom is -0.372 e. The molecule has 20 heavy (non-hydrogen) atoms. The van der Waals surface area contributed by atoms with Gasteiger partial charge in [0.2, 0.25) is 0 Å². The van der Waals surface area contributed by atoms with E-state index in [-0.39, 0.29) is 0 Å². The van der Waals surface area contributed by atoms with Gasteiger partial charge in [0, 0.05) is 12.6 Å². The number of nitrogens with one attached hydrogen (secondary N) is 1. The van der Waals surface area contributed by atoms with Crippen molar-refractivity contribution in [2.45, 2.75) is 6.92 Å². The largest absolute Gasteiger partial charge is 0.372 e. The zero-order valence-electron chi connectivity index (χ0n) is 11.1. The lowest BCUT2D eigenvalue weighted by Gasteiger charge is -2.06. The number of benzene rings is 1. The molecule has 0 saturated carbocycles. The van der Waals surface area contributed by atoms with Gasteiger partial charge in [-0.15, -0.1) is 11.3 Å². The first-order valence-electron chi connectivity index (χ1n) is 6.17. The molecule has 2 heterocycles. The zero-order valence-corrected chi connectivity index (χ0v) is 12.0. The van der Waals surface area contributed by atoms with Crippen molar-refractivity contribution in [2.24, 2.45) is 0 Å². The highest BCUT2D eigenvalue weighted by Gasteiger charge is 2.12. The molecule has 0 atom stereocenters. The Morgan fingerprint density at radius 2 is 2.15 bits per heavy atom. The first kappa shape index (κ1) is 12.6. The van der Waals surface area contributed by atoms with Crippen LogP contribution < -0.4 is 5.32 Å². The summed E-state index contributed by atoms with van der Waals surface area (Å²) < 4.78 is 1.06. The van der Waals surface area contributed by atoms with Crippen LogP contribution in [0.5, 0.6) is 0 Å². The van der Waals surface area contributed by atoms with Crippen LogP contribution in [0.1, 0.15) is 11.1 Å². The molecule has 0 radical (unpaired) electrons. The third-order valence-corrected chi connectivity index (χ3v) is 4.17. The van der Waals surface area contributed by atoms with Crippen molar-refractivity contribution >= 4 is 27.4 Å². The number of hydrogen-bond acceptors (Lipinski definition) is 5. The molecule has 0 aliphatic heterocycles. The summed E-state index contributed by atoms with van der Waals surface area (Å²) in [5.41, 5.74) is 3.57. The number of nitriles is 1. The fourth-order valence-electron chi connectivity index (χ4n) is 2.06. The molecule has 1 N–H and O–H groups in total. The Balaban J connectivity index is 2.25. The number of aryl methyl sites for hydroxylation is 1. The van der Waals surface area contributed by atoms with Crippen LogP contribution in [0, 0.1) is 18.3 Å². The SMILES string of the molecule is CNc1nc(-c2cccc(C#N)c2)nc2c(C)csc12. The monoisotopic (exact) mass is 280 g/mol. The number of fused-ring (bicyclic) bond motifs is 1. The van der Waals surface area contributed by atoms with Crippen molar-refractivity contribution in [3.63, 3.8) is 0 Å². The van der Waals surface area contributed by atoms with E-state index < -0.39 is 0 Å². The molecule has 0 aliphatic rings. The smallest absolute Gasteiger partial charge is 0.162 e. The van der Waals surface area contributed by atoms with Crippen molar-refractivity contribution in [2.75, 3.05) is 12.4 Å². The van der Waals surface area contributed by atoms with Gasteiger partial charge in [-0.3, -0.25) is 0 Å². The summed E-state index contributed by atoms with van der Waals surface area (Å²) in [7, 11) is 1.85. The quantitative estimate of drug-likeness (QED) is 0.779. The Hall–Kier alpha value is -2.45. The maximum Gasteiger partial charge on any atom is 0.162 e. The summed E-state index contributed by atoms with van der Waals surface area (Å²) in [5, 5.41) is 14.2. The van der Waals surface area contributed by atoms with Crippen LogP contribution in [0.25, 0.3) is 21.6 Å². The van der Waals surface area contributed by atoms with Crippen LogP contribution in [0.15, 0.2) is 29.6 Å². The van der Waals surface area contributed by atoms with Gasteiger partial charge in [0.1, 0.15) is 5.82 Å². The minimum absolute atomic E-state index is 0.610. The molecule has 1 aromatic carbocycles. The zero-order chi connectivity index (χ0) is 14.1. The fraction of sp³-hybridized carbons (Fsp3) is 0.133. The Morgan fingerprint density at radius 3 is 2.90 bits per heavy atom. The average molecular weight is 280 g/mol. The Bertz CT molecular complexity index is 829. The lowest BCUT2D eigenvalue weighted by atomic mass is 10.1. The van der Waals surface area contributed by atoms with Crippen LogP contribution in [0.4, 0.5) is 5.82 Å². The maximum absolute atomic E-state index is 8.99. The molecule has 98 valence electrons. The van der Waals surface area contributed by atoms with Crippen LogP contribution in [0.2, 0.25) is 0 Å². The highest BCUT2D eigenvalue weighted by Crippen LogP contribution is 2.31. The summed E-state index contributed by atoms with van der Waals surface area (Å²) in [4.78, 5) is 9.20. The predicted molar refractivity (Wildman–Crippen MR) is 81.8 cm³/mol. The van der Waals surface area contributed by atoms with Crippen LogP contribution in [0.3, 0.4) is 0 Å². The van der Waals surface area contributed by atoms with E-state index in [1.54, 1.807) is 17.4 Å². The number of aromatic nitrogens is 2. The van der Waals surface area contributed by atoms with Gasteiger partial charge in [0.05, 0.1) is 21.8 Å². The number of rotatable bonds is 2. The molecule has 5 heteroatoms. The molecule has 0 bridgehead atoms. The lowest BCUT2D eigenvalue weighted by molar-refractivity contribution is 1.21. The van der Waals surface area contributed by atoms with Gasteiger partial charge in [-0.1, -0.05) is 12.1 Å². The summed E-state index contributed by atoms with van der Waals surface area (Å²) >= 11 is 1.64. The molecule has 0 unspecified atom stereocenters. The Kier molecular flexibility index (Phi) is 3.09. The fourth-order valence-corrected chi connectivity index (χ4v) is 3.04. The molecule has 0 amide bonds. The summed E-state index contributed by atoms with van der Waals surface area (Å²) in [6, 6.07) is 9.49. The van der Waals surface area contributed by atoms with Crippen LogP contribution in [-0.2, 0) is 0 Å². The van der Waals surface area contributed by atoms with E-state index in [4.69, 9.17) is 5.26 Å². The maximum atomic E-state index is 8.99. The highest BCUT2D eigenvalue weighted by atomic mass is 32.1. The first-order valence-corrected chi connectivity index (χ1v) is 7.05. The van der Waals surface area contributed by atoms with Gasteiger partial charge < -0.3 is 5.32 Å². The molecule has 3 aromatic rings. The second kappa shape index (κ2) is 4.91. The highest BCUT2D eigenvalue weighted by molar-refractivity contribution is 7.18. The van der Waals surface area contributed by atoms with Crippen molar-refractivity contribution in [1.29, 1.82) is 5.26 Å². The Morgan fingerprint density at radius 1 is 1.30 bits per heavy atom. The molecule has 0 spiro atoms. The van der Waals surface area contributed by atoms with Gasteiger partial charge >= 0.3 is 0 Å². The molecule has 0 fully saturated rings. The first-order chi connectivity index (χ1) is 9.72. The normalized spacial score (nSPS) is 10.4. The lowest BCUT2D eigenvalue weighted by Crippen LogP contribution is -1.97. The van der Waals surface area contributed by atoms with Gasteiger partial charge in [-0.2, -0.15) is 5.26 Å². The van der Waals surface area contributed by atoms with E-state index in [0.717, 1.165) is 27.2 Å². The van der Waals surface area contributed by atoms with E-state index in [0.29, 0.717) is 11.4 Å². The van der Waals surface area contributed by atoms with Gasteiger partial charge in [-0.25, -0.2) is 9.97 Å². The number of thiophene rings is 1. The molecule has 0 saturated heterocycles. The van der Waals surface area contributed by atoms with Crippen molar-refractivity contribution in [3.05, 3.63) is 40.8 Å². The molecule has 0 aliphatic carbocycles. The molecular formula is C15H12N4S. The summed E-state index contributed by atoms with van der Waals surface area (Å²) in [6.45, 7) is 2.04. The molecule has 4 nitrogen and oxygen atoms in total. The molecule has 3 rings (SSSR count). The predicted octanol–water partition coefficient (Wildman–Crippen LogP) is 3.58. The van der Waals surface area contributed by atoms with Crippen molar-refractivity contribution in [3.8, 4) is 17.5 Å². The average Bonchev–Trinajstić information content (AvgIpc) is 2.88. The number of anilines is 1. The summed E-state index contributed by atoms with van der Waals surface area (Å²) in [5.74, 6) is 1.46. The van der Waals surface area contributed by atoms with Crippen molar-refractivity contribution in [1.82, 2.24) is 9.97 Å². The number of nitrogens with zero attached hydrogens (tertiary/aromatic N) is 3. The van der Waals surface area contributed by atoms with Gasteiger partial charge in [0.25, 0.3) is 0 Å². The second-order valence-corrected chi connectivity index (χ2v) is 5.31. The number of hydrogen-bond donors (Lipinski definition) is 1. The van der Waals surface area contributed by atoms with E-state index in [1.807, 2.05) is 32.2 Å². The van der Waals surface area contributed by atoms with Crippen molar-refractivity contribution < 1.29 is 0 Å². The van der Waals surface area contributed by atoms with Gasteiger partial charge in [0.15, 0.2) is 5.82 Å².